The summed E-state index contributed by atoms with van der Waals surface area (Å²) in [6, 6.07) is 17.8. The van der Waals surface area contributed by atoms with E-state index in [-0.39, 0.29) is 0 Å². The fraction of sp³-hybridized carbons (Fsp3) is 0.263. The maximum Gasteiger partial charge on any atom is 0.00588 e. The van der Waals surface area contributed by atoms with E-state index >= 15 is 0 Å². The second kappa shape index (κ2) is 4.38. The van der Waals surface area contributed by atoms with Gasteiger partial charge in [-0.3, -0.25) is 0 Å². The van der Waals surface area contributed by atoms with Crippen LogP contribution in [0.1, 0.15) is 34.6 Å². The van der Waals surface area contributed by atoms with Gasteiger partial charge in [-0.25, -0.2) is 0 Å². The first-order valence-corrected chi connectivity index (χ1v) is 7.26. The summed E-state index contributed by atoms with van der Waals surface area (Å²) in [6.45, 7) is 0. The fourth-order valence-electron chi connectivity index (χ4n) is 3.72. The topological polar surface area (TPSA) is 0 Å². The Balaban J connectivity index is 1.65. The Morgan fingerprint density at radius 1 is 0.842 bits per heavy atom. The van der Waals surface area contributed by atoms with E-state index in [2.05, 4.69) is 60.7 Å². The van der Waals surface area contributed by atoms with Crippen LogP contribution in [-0.2, 0) is 12.8 Å². The Kier molecular flexibility index (Phi) is 2.55. The molecule has 0 saturated carbocycles. The van der Waals surface area contributed by atoms with Crippen molar-refractivity contribution in [3.05, 3.63) is 76.9 Å². The summed E-state index contributed by atoms with van der Waals surface area (Å²) in [4.78, 5) is 0. The molecular weight excluding hydrogens is 228 g/mol. The highest BCUT2D eigenvalue weighted by Gasteiger charge is 2.28. The molecule has 2 atom stereocenters. The molecule has 0 heteroatoms. The van der Waals surface area contributed by atoms with E-state index < -0.39 is 0 Å². The Labute approximate surface area is 114 Å². The molecule has 0 spiro atoms. The summed E-state index contributed by atoms with van der Waals surface area (Å²) in [5.74, 6) is 1.40. The third-order valence-corrected chi connectivity index (χ3v) is 4.73. The van der Waals surface area contributed by atoms with Gasteiger partial charge in [0.1, 0.15) is 0 Å². The molecule has 0 heterocycles. The monoisotopic (exact) mass is 246 g/mol. The molecule has 0 aromatic heterocycles. The predicted molar refractivity (Wildman–Crippen MR) is 80.2 cm³/mol. The molecule has 0 radical (unpaired) electrons. The summed E-state index contributed by atoms with van der Waals surface area (Å²) in [7, 11) is 0. The van der Waals surface area contributed by atoms with Gasteiger partial charge in [0.25, 0.3) is 0 Å². The molecule has 2 unspecified atom stereocenters. The number of benzene rings is 2. The smallest absolute Gasteiger partial charge is 0.00588 e. The molecule has 2 aliphatic carbocycles. The summed E-state index contributed by atoms with van der Waals surface area (Å²) in [5, 5.41) is 0. The first kappa shape index (κ1) is 11.0. The van der Waals surface area contributed by atoms with Crippen LogP contribution in [0.4, 0.5) is 0 Å². The molecule has 19 heavy (non-hydrogen) atoms. The van der Waals surface area contributed by atoms with Gasteiger partial charge in [-0.2, -0.15) is 0 Å². The zero-order chi connectivity index (χ0) is 12.7. The van der Waals surface area contributed by atoms with Crippen molar-refractivity contribution in [2.45, 2.75) is 25.2 Å². The average Bonchev–Trinajstić information content (AvgIpc) is 2.91. The van der Waals surface area contributed by atoms with Crippen molar-refractivity contribution < 1.29 is 0 Å². The van der Waals surface area contributed by atoms with Gasteiger partial charge in [-0.15, -0.1) is 0 Å². The average molecular weight is 246 g/mol. The van der Waals surface area contributed by atoms with E-state index in [0.29, 0.717) is 5.92 Å². The molecule has 0 aliphatic heterocycles. The largest absolute Gasteiger partial charge is 0.0761 e. The minimum atomic E-state index is 0.629. The maximum atomic E-state index is 2.42. The number of fused-ring (bicyclic) bond motifs is 2. The third kappa shape index (κ3) is 1.83. The Hall–Kier alpha value is -1.82. The van der Waals surface area contributed by atoms with Gasteiger partial charge in [0.15, 0.2) is 0 Å². The quantitative estimate of drug-likeness (QED) is 0.689. The van der Waals surface area contributed by atoms with Gasteiger partial charge in [0, 0.05) is 5.92 Å². The third-order valence-electron chi connectivity index (χ3n) is 4.73. The lowest BCUT2D eigenvalue weighted by Gasteiger charge is -2.29. The zero-order valence-corrected chi connectivity index (χ0v) is 11.0. The minimum absolute atomic E-state index is 0.629. The highest BCUT2D eigenvalue weighted by molar-refractivity contribution is 5.62. The Morgan fingerprint density at radius 3 is 2.58 bits per heavy atom. The standard InChI is InChI=1S/C19H18/c1-2-7-16-13-17(10-9-14(16)5-1)19-12-11-15-6-3-4-8-18(15)19/h1-8,11-12,17,19H,9-10,13H2. The molecule has 0 fully saturated rings. The summed E-state index contributed by atoms with van der Waals surface area (Å²) in [6.07, 6.45) is 8.52. The van der Waals surface area contributed by atoms with Crippen LogP contribution in [-0.4, -0.2) is 0 Å². The first-order valence-electron chi connectivity index (χ1n) is 7.26. The van der Waals surface area contributed by atoms with Crippen molar-refractivity contribution >= 4 is 6.08 Å². The molecular formula is C19H18. The predicted octanol–water partition coefficient (Wildman–Crippen LogP) is 4.60. The van der Waals surface area contributed by atoms with Crippen molar-refractivity contribution in [3.8, 4) is 0 Å². The van der Waals surface area contributed by atoms with Crippen LogP contribution < -0.4 is 0 Å². The number of hydrogen-bond donors (Lipinski definition) is 0. The van der Waals surface area contributed by atoms with E-state index in [1.54, 1.807) is 11.1 Å². The number of hydrogen-bond acceptors (Lipinski definition) is 0. The maximum absolute atomic E-state index is 2.42. The lowest BCUT2D eigenvalue weighted by atomic mass is 9.75. The zero-order valence-electron chi connectivity index (χ0n) is 11.0. The van der Waals surface area contributed by atoms with Gasteiger partial charge >= 0.3 is 0 Å². The lowest BCUT2D eigenvalue weighted by Crippen LogP contribution is -2.19. The van der Waals surface area contributed by atoms with Gasteiger partial charge in [-0.05, 0) is 47.4 Å². The highest BCUT2D eigenvalue weighted by atomic mass is 14.3. The molecule has 2 aromatic carbocycles. The molecule has 0 amide bonds. The van der Waals surface area contributed by atoms with Crippen LogP contribution in [0, 0.1) is 5.92 Å². The first-order chi connectivity index (χ1) is 9.42. The van der Waals surface area contributed by atoms with Crippen molar-refractivity contribution in [2.75, 3.05) is 0 Å². The van der Waals surface area contributed by atoms with Gasteiger partial charge in [0.05, 0.1) is 0 Å². The van der Waals surface area contributed by atoms with Crippen LogP contribution in [0.2, 0.25) is 0 Å². The Morgan fingerprint density at radius 2 is 1.63 bits per heavy atom. The number of rotatable bonds is 1. The van der Waals surface area contributed by atoms with E-state index in [0.717, 1.165) is 5.92 Å². The van der Waals surface area contributed by atoms with Crippen LogP contribution in [0.25, 0.3) is 6.08 Å². The molecule has 4 rings (SSSR count). The minimum Gasteiger partial charge on any atom is -0.0761 e. The molecule has 0 N–H and O–H groups in total. The van der Waals surface area contributed by atoms with Gasteiger partial charge < -0.3 is 0 Å². The molecule has 0 nitrogen and oxygen atoms in total. The molecule has 2 aliphatic rings. The number of aryl methyl sites for hydroxylation is 1. The van der Waals surface area contributed by atoms with E-state index in [1.807, 2.05) is 0 Å². The number of allylic oxidation sites excluding steroid dienone is 1. The van der Waals surface area contributed by atoms with Crippen LogP contribution in [0.3, 0.4) is 0 Å². The SMILES string of the molecule is C1=CC(C2CCc3ccccc3C2)c2ccccc21. The van der Waals surface area contributed by atoms with Crippen molar-refractivity contribution in [1.29, 1.82) is 0 Å². The van der Waals surface area contributed by atoms with Gasteiger partial charge in [-0.1, -0.05) is 60.7 Å². The normalized spacial score (nSPS) is 24.0. The van der Waals surface area contributed by atoms with E-state index in [9.17, 15) is 0 Å². The van der Waals surface area contributed by atoms with Gasteiger partial charge in [0.2, 0.25) is 0 Å². The van der Waals surface area contributed by atoms with Crippen LogP contribution in [0.5, 0.6) is 0 Å². The van der Waals surface area contributed by atoms with Crippen LogP contribution >= 0.6 is 0 Å². The molecule has 2 aromatic rings. The van der Waals surface area contributed by atoms with Crippen molar-refractivity contribution in [3.63, 3.8) is 0 Å². The second-order valence-corrected chi connectivity index (χ2v) is 5.79. The van der Waals surface area contributed by atoms with E-state index in [4.69, 9.17) is 0 Å². The molecule has 0 bridgehead atoms. The highest BCUT2D eigenvalue weighted by Crippen LogP contribution is 2.41. The molecule has 94 valence electrons. The second-order valence-electron chi connectivity index (χ2n) is 5.79. The summed E-state index contributed by atoms with van der Waals surface area (Å²) >= 11 is 0. The Bertz CT molecular complexity index is 636. The van der Waals surface area contributed by atoms with Crippen molar-refractivity contribution in [1.82, 2.24) is 0 Å². The van der Waals surface area contributed by atoms with E-state index in [1.165, 1.54) is 30.4 Å². The molecule has 0 saturated heterocycles. The summed E-state index contributed by atoms with van der Waals surface area (Å²) < 4.78 is 0. The lowest BCUT2D eigenvalue weighted by molar-refractivity contribution is 0.421. The van der Waals surface area contributed by atoms with Crippen molar-refractivity contribution in [2.24, 2.45) is 5.92 Å². The fourth-order valence-corrected chi connectivity index (χ4v) is 3.72. The van der Waals surface area contributed by atoms with Crippen LogP contribution in [0.15, 0.2) is 54.6 Å². The summed E-state index contributed by atoms with van der Waals surface area (Å²) in [5.41, 5.74) is 6.09.